The van der Waals surface area contributed by atoms with Crippen molar-refractivity contribution in [1.82, 2.24) is 10.6 Å². The first-order valence-corrected chi connectivity index (χ1v) is 7.00. The van der Waals surface area contributed by atoms with E-state index in [2.05, 4.69) is 16.7 Å². The molecule has 1 unspecified atom stereocenters. The molecule has 2 N–H and O–H groups in total. The molecule has 1 aliphatic rings. The van der Waals surface area contributed by atoms with Gasteiger partial charge in [0, 0.05) is 31.2 Å². The molecule has 20 heavy (non-hydrogen) atoms. The topological polar surface area (TPSA) is 68.2 Å². The molecular formula is C14H17ClN4O. The predicted molar refractivity (Wildman–Crippen MR) is 78.9 cm³/mol. The van der Waals surface area contributed by atoms with Gasteiger partial charge in [-0.3, -0.25) is 4.79 Å². The summed E-state index contributed by atoms with van der Waals surface area (Å²) in [4.78, 5) is 14.1. The fourth-order valence-electron chi connectivity index (χ4n) is 2.37. The number of nitriles is 1. The maximum Gasteiger partial charge on any atom is 0.244 e. The molecule has 5 nitrogen and oxygen atoms in total. The van der Waals surface area contributed by atoms with Gasteiger partial charge in [0.25, 0.3) is 0 Å². The molecule has 1 amide bonds. The summed E-state index contributed by atoms with van der Waals surface area (Å²) in [6.45, 7) is 4.51. The van der Waals surface area contributed by atoms with Crippen molar-refractivity contribution < 1.29 is 4.79 Å². The molecule has 1 atom stereocenters. The van der Waals surface area contributed by atoms with Crippen molar-refractivity contribution in [2.24, 2.45) is 0 Å². The average molecular weight is 293 g/mol. The van der Waals surface area contributed by atoms with Crippen molar-refractivity contribution in [3.8, 4) is 6.07 Å². The summed E-state index contributed by atoms with van der Waals surface area (Å²) < 4.78 is 0. The molecule has 0 saturated carbocycles. The minimum absolute atomic E-state index is 0.0291. The number of anilines is 1. The first-order valence-electron chi connectivity index (χ1n) is 6.62. The third-order valence-electron chi connectivity index (χ3n) is 3.29. The van der Waals surface area contributed by atoms with E-state index in [9.17, 15) is 10.1 Å². The highest BCUT2D eigenvalue weighted by atomic mass is 35.5. The molecule has 1 aromatic rings. The van der Waals surface area contributed by atoms with Crippen LogP contribution >= 0.6 is 11.6 Å². The van der Waals surface area contributed by atoms with Crippen LogP contribution in [0.1, 0.15) is 12.5 Å². The Morgan fingerprint density at radius 3 is 3.15 bits per heavy atom. The number of benzene rings is 1. The first kappa shape index (κ1) is 14.6. The van der Waals surface area contributed by atoms with Gasteiger partial charge in [0.2, 0.25) is 5.91 Å². The Balaban J connectivity index is 2.33. The summed E-state index contributed by atoms with van der Waals surface area (Å²) in [5, 5.41) is 15.8. The summed E-state index contributed by atoms with van der Waals surface area (Å²) in [6, 6.07) is 7.02. The molecule has 1 aliphatic heterocycles. The van der Waals surface area contributed by atoms with E-state index in [1.54, 1.807) is 18.2 Å². The second kappa shape index (κ2) is 6.60. The number of piperazine rings is 1. The van der Waals surface area contributed by atoms with Crippen molar-refractivity contribution in [1.29, 1.82) is 5.26 Å². The number of hydrogen-bond donors (Lipinski definition) is 2. The lowest BCUT2D eigenvalue weighted by Gasteiger charge is -2.37. The highest BCUT2D eigenvalue weighted by molar-refractivity contribution is 6.30. The van der Waals surface area contributed by atoms with Crippen LogP contribution in [0.4, 0.5) is 5.69 Å². The second-order valence-electron chi connectivity index (χ2n) is 4.58. The standard InChI is InChI=1S/C14H17ClN4O/c1-2-18-14(20)13-9-17-5-6-19(13)12-4-3-11(15)7-10(12)8-16/h3-4,7,13,17H,2,5-6,9H2,1H3,(H,18,20). The largest absolute Gasteiger partial charge is 0.356 e. The van der Waals surface area contributed by atoms with Crippen LogP contribution < -0.4 is 15.5 Å². The molecule has 1 saturated heterocycles. The van der Waals surface area contributed by atoms with Gasteiger partial charge in [-0.05, 0) is 25.1 Å². The smallest absolute Gasteiger partial charge is 0.244 e. The van der Waals surface area contributed by atoms with E-state index < -0.39 is 0 Å². The van der Waals surface area contributed by atoms with Crippen LogP contribution in [0.15, 0.2) is 18.2 Å². The summed E-state index contributed by atoms with van der Waals surface area (Å²) >= 11 is 5.92. The van der Waals surface area contributed by atoms with Crippen LogP contribution in [-0.4, -0.2) is 38.1 Å². The van der Waals surface area contributed by atoms with Gasteiger partial charge >= 0.3 is 0 Å². The Kier molecular flexibility index (Phi) is 4.83. The molecule has 6 heteroatoms. The molecule has 106 valence electrons. The van der Waals surface area contributed by atoms with Crippen LogP contribution in [-0.2, 0) is 4.79 Å². The zero-order valence-electron chi connectivity index (χ0n) is 11.3. The molecule has 0 spiro atoms. The Morgan fingerprint density at radius 2 is 2.45 bits per heavy atom. The molecule has 0 bridgehead atoms. The molecule has 1 heterocycles. The number of rotatable bonds is 3. The van der Waals surface area contributed by atoms with Gasteiger partial charge in [-0.25, -0.2) is 0 Å². The third kappa shape index (κ3) is 3.03. The number of carbonyl (C=O) groups is 1. The van der Waals surface area contributed by atoms with Crippen LogP contribution in [0.5, 0.6) is 0 Å². The van der Waals surface area contributed by atoms with Gasteiger partial charge < -0.3 is 15.5 Å². The van der Waals surface area contributed by atoms with Crippen molar-refractivity contribution in [3.05, 3.63) is 28.8 Å². The number of nitrogens with zero attached hydrogens (tertiary/aromatic N) is 2. The Morgan fingerprint density at radius 1 is 1.65 bits per heavy atom. The quantitative estimate of drug-likeness (QED) is 0.876. The highest BCUT2D eigenvalue weighted by Crippen LogP contribution is 2.26. The van der Waals surface area contributed by atoms with Gasteiger partial charge in [0.1, 0.15) is 12.1 Å². The summed E-state index contributed by atoms with van der Waals surface area (Å²) in [7, 11) is 0. The molecule has 0 radical (unpaired) electrons. The minimum atomic E-state index is -0.308. The van der Waals surface area contributed by atoms with Crippen molar-refractivity contribution in [2.75, 3.05) is 31.1 Å². The zero-order chi connectivity index (χ0) is 14.5. The number of halogens is 1. The van der Waals surface area contributed by atoms with Gasteiger partial charge in [0.05, 0.1) is 11.3 Å². The predicted octanol–water partition coefficient (Wildman–Crippen LogP) is 1.13. The lowest BCUT2D eigenvalue weighted by molar-refractivity contribution is -0.122. The Labute approximate surface area is 123 Å². The molecule has 2 rings (SSSR count). The van der Waals surface area contributed by atoms with Crippen LogP contribution in [0.25, 0.3) is 0 Å². The maximum atomic E-state index is 12.1. The van der Waals surface area contributed by atoms with E-state index in [0.29, 0.717) is 30.2 Å². The molecule has 1 fully saturated rings. The van der Waals surface area contributed by atoms with Crippen LogP contribution in [0, 0.1) is 11.3 Å². The van der Waals surface area contributed by atoms with E-state index in [4.69, 9.17) is 11.6 Å². The number of amides is 1. The SMILES string of the molecule is CCNC(=O)C1CNCCN1c1ccc(Cl)cc1C#N. The van der Waals surface area contributed by atoms with E-state index in [1.807, 2.05) is 11.8 Å². The van der Waals surface area contributed by atoms with Gasteiger partial charge in [-0.2, -0.15) is 5.26 Å². The van der Waals surface area contributed by atoms with Crippen molar-refractivity contribution >= 4 is 23.2 Å². The van der Waals surface area contributed by atoms with E-state index in [1.165, 1.54) is 0 Å². The van der Waals surface area contributed by atoms with Crippen LogP contribution in [0.2, 0.25) is 5.02 Å². The van der Waals surface area contributed by atoms with Crippen molar-refractivity contribution in [3.63, 3.8) is 0 Å². The third-order valence-corrected chi connectivity index (χ3v) is 3.52. The molecular weight excluding hydrogens is 276 g/mol. The van der Waals surface area contributed by atoms with E-state index in [0.717, 1.165) is 12.2 Å². The number of nitrogens with one attached hydrogen (secondary N) is 2. The van der Waals surface area contributed by atoms with Gasteiger partial charge in [0.15, 0.2) is 0 Å². The summed E-state index contributed by atoms with van der Waals surface area (Å²) in [6.07, 6.45) is 0. The second-order valence-corrected chi connectivity index (χ2v) is 5.02. The maximum absolute atomic E-state index is 12.1. The fourth-order valence-corrected chi connectivity index (χ4v) is 2.54. The monoisotopic (exact) mass is 292 g/mol. The van der Waals surface area contributed by atoms with Crippen molar-refractivity contribution in [2.45, 2.75) is 13.0 Å². The van der Waals surface area contributed by atoms with E-state index >= 15 is 0 Å². The molecule has 0 aliphatic carbocycles. The Hall–Kier alpha value is -1.77. The molecule has 1 aromatic carbocycles. The summed E-state index contributed by atoms with van der Waals surface area (Å²) in [5.41, 5.74) is 1.25. The zero-order valence-corrected chi connectivity index (χ0v) is 12.1. The summed E-state index contributed by atoms with van der Waals surface area (Å²) in [5.74, 6) is -0.0291. The number of carbonyl (C=O) groups excluding carboxylic acids is 1. The minimum Gasteiger partial charge on any atom is -0.356 e. The molecule has 0 aromatic heterocycles. The van der Waals surface area contributed by atoms with Gasteiger partial charge in [-0.15, -0.1) is 0 Å². The lowest BCUT2D eigenvalue weighted by atomic mass is 10.1. The Bertz CT molecular complexity index is 540. The van der Waals surface area contributed by atoms with E-state index in [-0.39, 0.29) is 11.9 Å². The average Bonchev–Trinajstić information content (AvgIpc) is 2.47. The van der Waals surface area contributed by atoms with Crippen LogP contribution in [0.3, 0.4) is 0 Å². The number of hydrogen-bond acceptors (Lipinski definition) is 4. The lowest BCUT2D eigenvalue weighted by Crippen LogP contribution is -2.58. The number of likely N-dealkylation sites (N-methyl/N-ethyl adjacent to an activating group) is 1. The first-order chi connectivity index (χ1) is 9.67. The fraction of sp³-hybridized carbons (Fsp3) is 0.429. The normalized spacial score (nSPS) is 18.4. The highest BCUT2D eigenvalue weighted by Gasteiger charge is 2.29. The van der Waals surface area contributed by atoms with Gasteiger partial charge in [-0.1, -0.05) is 11.6 Å².